The molecule has 0 saturated carbocycles. The molecule has 0 aliphatic rings. The van der Waals surface area contributed by atoms with Gasteiger partial charge in [0.05, 0.1) is 26.0 Å². The zero-order valence-corrected chi connectivity index (χ0v) is 13.3. The first-order valence-corrected chi connectivity index (χ1v) is 6.93. The van der Waals surface area contributed by atoms with E-state index in [1.54, 1.807) is 44.1 Å². The Morgan fingerprint density at radius 2 is 2.05 bits per heavy atom. The molecule has 1 aromatic heterocycles. The second-order valence-electron chi connectivity index (χ2n) is 4.81. The van der Waals surface area contributed by atoms with Crippen molar-refractivity contribution in [3.05, 3.63) is 40.2 Å². The Kier molecular flexibility index (Phi) is 4.75. The molecular weight excluding hydrogens is 292 g/mol. The number of aromatic nitrogens is 2. The van der Waals surface area contributed by atoms with E-state index in [0.29, 0.717) is 28.6 Å². The highest BCUT2D eigenvalue weighted by Gasteiger charge is 2.19. The van der Waals surface area contributed by atoms with Crippen molar-refractivity contribution in [2.45, 2.75) is 19.4 Å². The molecule has 2 rings (SSSR count). The summed E-state index contributed by atoms with van der Waals surface area (Å²) in [5.41, 5.74) is 2.34. The summed E-state index contributed by atoms with van der Waals surface area (Å²) in [6, 6.07) is 5.33. The molecule has 1 unspecified atom stereocenters. The summed E-state index contributed by atoms with van der Waals surface area (Å²) < 4.78 is 12.1. The summed E-state index contributed by atoms with van der Waals surface area (Å²) in [5, 5.41) is 15.3. The Labute approximate surface area is 129 Å². The first kappa shape index (κ1) is 15.7. The van der Waals surface area contributed by atoms with E-state index in [1.807, 2.05) is 6.92 Å². The maximum atomic E-state index is 10.5. The lowest BCUT2D eigenvalue weighted by molar-refractivity contribution is 0.173. The number of aliphatic hydroxyl groups excluding tert-OH is 1. The molecule has 1 heterocycles. The van der Waals surface area contributed by atoms with E-state index < -0.39 is 6.10 Å². The van der Waals surface area contributed by atoms with Gasteiger partial charge < -0.3 is 14.6 Å². The van der Waals surface area contributed by atoms with Crippen LogP contribution >= 0.6 is 11.6 Å². The van der Waals surface area contributed by atoms with Gasteiger partial charge in [0.2, 0.25) is 0 Å². The maximum Gasteiger partial charge on any atom is 0.130 e. The predicted octanol–water partition coefficient (Wildman–Crippen LogP) is 2.68. The normalized spacial score (nSPS) is 12.3. The van der Waals surface area contributed by atoms with Gasteiger partial charge in [-0.15, -0.1) is 0 Å². The number of aryl methyl sites for hydroxylation is 2. The summed E-state index contributed by atoms with van der Waals surface area (Å²) in [6.45, 7) is 1.87. The zero-order chi connectivity index (χ0) is 15.6. The molecule has 0 amide bonds. The van der Waals surface area contributed by atoms with Gasteiger partial charge in [0.25, 0.3) is 0 Å². The Balaban J connectivity index is 2.30. The van der Waals surface area contributed by atoms with Crippen molar-refractivity contribution < 1.29 is 14.6 Å². The minimum absolute atomic E-state index is 0.376. The van der Waals surface area contributed by atoms with Crippen molar-refractivity contribution in [3.8, 4) is 11.5 Å². The first-order chi connectivity index (χ1) is 9.97. The molecule has 0 fully saturated rings. The Bertz CT molecular complexity index is 640. The van der Waals surface area contributed by atoms with E-state index in [-0.39, 0.29) is 0 Å². The van der Waals surface area contributed by atoms with Crippen LogP contribution in [0.1, 0.15) is 22.9 Å². The Morgan fingerprint density at radius 1 is 1.33 bits per heavy atom. The molecule has 0 radical (unpaired) electrons. The molecule has 0 bridgehead atoms. The Morgan fingerprint density at radius 3 is 2.57 bits per heavy atom. The predicted molar refractivity (Wildman–Crippen MR) is 81.2 cm³/mol. The van der Waals surface area contributed by atoms with Crippen molar-refractivity contribution in [1.82, 2.24) is 9.78 Å². The lowest BCUT2D eigenvalue weighted by Gasteiger charge is -2.15. The summed E-state index contributed by atoms with van der Waals surface area (Å²) in [7, 11) is 4.93. The lowest BCUT2D eigenvalue weighted by atomic mass is 10.0. The van der Waals surface area contributed by atoms with Crippen LogP contribution < -0.4 is 9.47 Å². The highest BCUT2D eigenvalue weighted by atomic mass is 35.5. The minimum atomic E-state index is -0.730. The van der Waals surface area contributed by atoms with Crippen molar-refractivity contribution in [1.29, 1.82) is 0 Å². The third-order valence-corrected chi connectivity index (χ3v) is 3.94. The highest BCUT2D eigenvalue weighted by molar-refractivity contribution is 6.30. The summed E-state index contributed by atoms with van der Waals surface area (Å²) in [6.07, 6.45) is -0.354. The van der Waals surface area contributed by atoms with Gasteiger partial charge in [-0.2, -0.15) is 5.10 Å². The molecule has 1 atom stereocenters. The van der Waals surface area contributed by atoms with Gasteiger partial charge in [0, 0.05) is 30.7 Å². The lowest BCUT2D eigenvalue weighted by Crippen LogP contribution is -2.05. The number of nitrogens with zero attached hydrogens (tertiary/aromatic N) is 2. The second-order valence-corrected chi connectivity index (χ2v) is 5.16. The largest absolute Gasteiger partial charge is 0.497 e. The summed E-state index contributed by atoms with van der Waals surface area (Å²) in [4.78, 5) is 0. The topological polar surface area (TPSA) is 56.5 Å². The van der Waals surface area contributed by atoms with Gasteiger partial charge in [-0.05, 0) is 19.1 Å². The molecule has 5 nitrogen and oxygen atoms in total. The van der Waals surface area contributed by atoms with Gasteiger partial charge in [-0.1, -0.05) is 11.6 Å². The quantitative estimate of drug-likeness (QED) is 0.922. The Hall–Kier alpha value is -1.72. The van der Waals surface area contributed by atoms with Crippen LogP contribution in [0, 0.1) is 6.92 Å². The van der Waals surface area contributed by atoms with E-state index in [1.165, 1.54) is 0 Å². The molecule has 2 aromatic rings. The minimum Gasteiger partial charge on any atom is -0.497 e. The number of rotatable bonds is 5. The second kappa shape index (κ2) is 6.37. The van der Waals surface area contributed by atoms with Gasteiger partial charge >= 0.3 is 0 Å². The van der Waals surface area contributed by atoms with Crippen LogP contribution in [0.5, 0.6) is 11.5 Å². The molecule has 0 aliphatic heterocycles. The van der Waals surface area contributed by atoms with E-state index >= 15 is 0 Å². The summed E-state index contributed by atoms with van der Waals surface area (Å²) in [5.74, 6) is 1.26. The number of halogens is 1. The molecule has 6 heteroatoms. The average molecular weight is 311 g/mol. The van der Waals surface area contributed by atoms with Gasteiger partial charge in [-0.25, -0.2) is 0 Å². The molecule has 114 valence electrons. The van der Waals surface area contributed by atoms with Crippen molar-refractivity contribution in [2.24, 2.45) is 7.05 Å². The fraction of sp³-hybridized carbons (Fsp3) is 0.400. The van der Waals surface area contributed by atoms with E-state index in [9.17, 15) is 5.11 Å². The summed E-state index contributed by atoms with van der Waals surface area (Å²) >= 11 is 6.21. The van der Waals surface area contributed by atoms with Crippen LogP contribution in [0.4, 0.5) is 0 Å². The number of methoxy groups -OCH3 is 2. The van der Waals surface area contributed by atoms with Gasteiger partial charge in [-0.3, -0.25) is 4.68 Å². The fourth-order valence-corrected chi connectivity index (χ4v) is 2.55. The van der Waals surface area contributed by atoms with Crippen molar-refractivity contribution in [3.63, 3.8) is 0 Å². The van der Waals surface area contributed by atoms with E-state index in [2.05, 4.69) is 5.10 Å². The van der Waals surface area contributed by atoms with Crippen LogP contribution in [-0.4, -0.2) is 29.1 Å². The smallest absolute Gasteiger partial charge is 0.130 e. The van der Waals surface area contributed by atoms with Crippen LogP contribution in [0.25, 0.3) is 0 Å². The van der Waals surface area contributed by atoms with E-state index in [4.69, 9.17) is 21.1 Å². The third-order valence-electron chi connectivity index (χ3n) is 3.47. The zero-order valence-electron chi connectivity index (χ0n) is 12.6. The molecule has 1 N–H and O–H groups in total. The average Bonchev–Trinajstić information content (AvgIpc) is 2.72. The monoisotopic (exact) mass is 310 g/mol. The van der Waals surface area contributed by atoms with Crippen molar-refractivity contribution in [2.75, 3.05) is 14.2 Å². The number of hydrogen-bond donors (Lipinski definition) is 1. The molecular formula is C15H19ClN2O3. The van der Waals surface area contributed by atoms with E-state index in [0.717, 1.165) is 11.3 Å². The SMILES string of the molecule is COc1ccc(C(O)Cc2c(C)nn(C)c2Cl)c(OC)c1. The van der Waals surface area contributed by atoms with Crippen LogP contribution in [0.2, 0.25) is 5.15 Å². The number of aliphatic hydroxyl groups is 1. The molecule has 0 aliphatic carbocycles. The molecule has 0 saturated heterocycles. The van der Waals surface area contributed by atoms with Crippen molar-refractivity contribution >= 4 is 11.6 Å². The van der Waals surface area contributed by atoms with Gasteiger partial charge in [0.1, 0.15) is 16.7 Å². The third kappa shape index (κ3) is 3.14. The fourth-order valence-electron chi connectivity index (χ4n) is 2.30. The standard InChI is InChI=1S/C15H19ClN2O3/c1-9-12(15(16)18(2)17-9)8-13(19)11-6-5-10(20-3)7-14(11)21-4/h5-7,13,19H,8H2,1-4H3. The van der Waals surface area contributed by atoms with Crippen LogP contribution in [0.3, 0.4) is 0 Å². The first-order valence-electron chi connectivity index (χ1n) is 6.55. The van der Waals surface area contributed by atoms with Gasteiger partial charge in [0.15, 0.2) is 0 Å². The molecule has 0 spiro atoms. The number of hydrogen-bond acceptors (Lipinski definition) is 4. The maximum absolute atomic E-state index is 10.5. The number of ether oxygens (including phenoxy) is 2. The molecule has 1 aromatic carbocycles. The highest BCUT2D eigenvalue weighted by Crippen LogP contribution is 2.33. The van der Waals surface area contributed by atoms with Crippen LogP contribution in [-0.2, 0) is 13.5 Å². The van der Waals surface area contributed by atoms with Crippen LogP contribution in [0.15, 0.2) is 18.2 Å². The number of benzene rings is 1. The molecule has 21 heavy (non-hydrogen) atoms.